The van der Waals surface area contributed by atoms with Gasteiger partial charge in [0.1, 0.15) is 0 Å². The van der Waals surface area contributed by atoms with E-state index in [1.54, 1.807) is 26.4 Å². The molecule has 1 saturated heterocycles. The van der Waals surface area contributed by atoms with Crippen molar-refractivity contribution in [3.63, 3.8) is 0 Å². The number of ether oxygens (including phenoxy) is 2. The van der Waals surface area contributed by atoms with Gasteiger partial charge in [-0.3, -0.25) is 9.69 Å². The van der Waals surface area contributed by atoms with Gasteiger partial charge in [0.2, 0.25) is 5.91 Å². The summed E-state index contributed by atoms with van der Waals surface area (Å²) >= 11 is 0. The second kappa shape index (κ2) is 10.7. The SMILES string of the molecule is COc1ccc(/C=C/C(=O)NCc2cccc(CN3CCCCC3)c2)cc1OC. The summed E-state index contributed by atoms with van der Waals surface area (Å²) in [4.78, 5) is 14.7. The molecule has 2 aromatic rings. The van der Waals surface area contributed by atoms with E-state index in [0.29, 0.717) is 18.0 Å². The van der Waals surface area contributed by atoms with Crippen molar-refractivity contribution in [2.75, 3.05) is 27.3 Å². The van der Waals surface area contributed by atoms with Crippen molar-refractivity contribution >= 4 is 12.0 Å². The van der Waals surface area contributed by atoms with Crippen LogP contribution in [-0.4, -0.2) is 38.1 Å². The first kappa shape index (κ1) is 20.9. The van der Waals surface area contributed by atoms with E-state index in [9.17, 15) is 4.79 Å². The Balaban J connectivity index is 1.52. The molecule has 1 fully saturated rings. The highest BCUT2D eigenvalue weighted by Crippen LogP contribution is 2.27. The molecule has 0 aromatic heterocycles. The lowest BCUT2D eigenvalue weighted by atomic mass is 10.1. The first-order valence-corrected chi connectivity index (χ1v) is 10.2. The second-order valence-corrected chi connectivity index (χ2v) is 7.32. The van der Waals surface area contributed by atoms with Crippen molar-refractivity contribution in [3.05, 3.63) is 65.2 Å². The van der Waals surface area contributed by atoms with Crippen molar-refractivity contribution in [3.8, 4) is 11.5 Å². The largest absolute Gasteiger partial charge is 0.493 e. The number of likely N-dealkylation sites (tertiary alicyclic amines) is 1. The van der Waals surface area contributed by atoms with E-state index in [-0.39, 0.29) is 5.91 Å². The van der Waals surface area contributed by atoms with Gasteiger partial charge in [-0.25, -0.2) is 0 Å². The molecule has 0 saturated carbocycles. The average Bonchev–Trinajstić information content (AvgIpc) is 2.77. The van der Waals surface area contributed by atoms with Crippen LogP contribution in [0.15, 0.2) is 48.5 Å². The molecular weight excluding hydrogens is 364 g/mol. The highest BCUT2D eigenvalue weighted by Gasteiger charge is 2.10. The molecule has 0 spiro atoms. The molecule has 29 heavy (non-hydrogen) atoms. The number of rotatable bonds is 8. The number of piperidine rings is 1. The fourth-order valence-electron chi connectivity index (χ4n) is 3.59. The van der Waals surface area contributed by atoms with Crippen LogP contribution in [0.4, 0.5) is 0 Å². The summed E-state index contributed by atoms with van der Waals surface area (Å²) < 4.78 is 10.5. The normalized spacial score (nSPS) is 14.7. The summed E-state index contributed by atoms with van der Waals surface area (Å²) in [5.74, 6) is 1.18. The summed E-state index contributed by atoms with van der Waals surface area (Å²) in [5.41, 5.74) is 3.30. The molecular formula is C24H30N2O3. The molecule has 1 aliphatic heterocycles. The zero-order chi connectivity index (χ0) is 20.5. The molecule has 1 N–H and O–H groups in total. The summed E-state index contributed by atoms with van der Waals surface area (Å²) in [6.45, 7) is 3.87. The Morgan fingerprint density at radius 2 is 1.76 bits per heavy atom. The molecule has 5 nitrogen and oxygen atoms in total. The minimum Gasteiger partial charge on any atom is -0.493 e. The molecule has 1 heterocycles. The molecule has 0 atom stereocenters. The maximum absolute atomic E-state index is 12.2. The number of amides is 1. The van der Waals surface area contributed by atoms with E-state index >= 15 is 0 Å². The highest BCUT2D eigenvalue weighted by molar-refractivity contribution is 5.91. The molecule has 154 valence electrons. The van der Waals surface area contributed by atoms with Crippen molar-refractivity contribution in [2.45, 2.75) is 32.4 Å². The quantitative estimate of drug-likeness (QED) is 0.687. The third-order valence-electron chi connectivity index (χ3n) is 5.15. The van der Waals surface area contributed by atoms with Crippen LogP contribution in [0, 0.1) is 0 Å². The Morgan fingerprint density at radius 3 is 2.52 bits per heavy atom. The highest BCUT2D eigenvalue weighted by atomic mass is 16.5. The maximum atomic E-state index is 12.2. The van der Waals surface area contributed by atoms with Gasteiger partial charge in [-0.1, -0.05) is 36.8 Å². The Hall–Kier alpha value is -2.79. The van der Waals surface area contributed by atoms with Gasteiger partial charge in [0.25, 0.3) is 0 Å². The first-order chi connectivity index (χ1) is 14.2. The Kier molecular flexibility index (Phi) is 7.70. The zero-order valence-electron chi connectivity index (χ0n) is 17.3. The lowest BCUT2D eigenvalue weighted by Gasteiger charge is -2.26. The number of nitrogens with one attached hydrogen (secondary N) is 1. The Morgan fingerprint density at radius 1 is 1.00 bits per heavy atom. The summed E-state index contributed by atoms with van der Waals surface area (Å²) in [6.07, 6.45) is 7.24. The fourth-order valence-corrected chi connectivity index (χ4v) is 3.59. The molecule has 0 radical (unpaired) electrons. The standard InChI is InChI=1S/C24H30N2O3/c1-28-22-11-9-19(16-23(22)29-2)10-12-24(27)25-17-20-7-6-8-21(15-20)18-26-13-4-3-5-14-26/h6-12,15-16H,3-5,13-14,17-18H2,1-2H3,(H,25,27)/b12-10+. The molecule has 1 amide bonds. The van der Waals surface area contributed by atoms with E-state index in [1.165, 1.54) is 37.9 Å². The fraction of sp³-hybridized carbons (Fsp3) is 0.375. The van der Waals surface area contributed by atoms with Gasteiger partial charge in [0.15, 0.2) is 11.5 Å². The molecule has 5 heteroatoms. The monoisotopic (exact) mass is 394 g/mol. The summed E-state index contributed by atoms with van der Waals surface area (Å²) in [6, 6.07) is 14.0. The minimum atomic E-state index is -0.124. The number of carbonyl (C=O) groups is 1. The van der Waals surface area contributed by atoms with E-state index in [2.05, 4.69) is 34.5 Å². The van der Waals surface area contributed by atoms with E-state index < -0.39 is 0 Å². The minimum absolute atomic E-state index is 0.124. The van der Waals surface area contributed by atoms with E-state index in [4.69, 9.17) is 9.47 Å². The smallest absolute Gasteiger partial charge is 0.244 e. The van der Waals surface area contributed by atoms with Crippen LogP contribution >= 0.6 is 0 Å². The molecule has 0 unspecified atom stereocenters. The first-order valence-electron chi connectivity index (χ1n) is 10.2. The third-order valence-corrected chi connectivity index (χ3v) is 5.15. The number of carbonyl (C=O) groups excluding carboxylic acids is 1. The van der Waals surface area contributed by atoms with Gasteiger partial charge in [-0.15, -0.1) is 0 Å². The van der Waals surface area contributed by atoms with Gasteiger partial charge in [0, 0.05) is 19.2 Å². The van der Waals surface area contributed by atoms with Gasteiger partial charge in [0.05, 0.1) is 14.2 Å². The molecule has 1 aliphatic rings. The lowest BCUT2D eigenvalue weighted by molar-refractivity contribution is -0.116. The van der Waals surface area contributed by atoms with Gasteiger partial charge >= 0.3 is 0 Å². The summed E-state index contributed by atoms with van der Waals surface area (Å²) in [5, 5.41) is 2.96. The number of nitrogens with zero attached hydrogens (tertiary/aromatic N) is 1. The Bertz CT molecular complexity index is 842. The van der Waals surface area contributed by atoms with Crippen molar-refractivity contribution in [2.24, 2.45) is 0 Å². The zero-order valence-corrected chi connectivity index (χ0v) is 17.3. The molecule has 3 rings (SSSR count). The third kappa shape index (κ3) is 6.36. The van der Waals surface area contributed by atoms with Crippen LogP contribution < -0.4 is 14.8 Å². The number of benzene rings is 2. The molecule has 2 aromatic carbocycles. The number of hydrogen-bond donors (Lipinski definition) is 1. The predicted molar refractivity (Wildman–Crippen MR) is 116 cm³/mol. The van der Waals surface area contributed by atoms with Crippen LogP contribution in [0.1, 0.15) is 36.0 Å². The van der Waals surface area contributed by atoms with Crippen LogP contribution in [0.25, 0.3) is 6.08 Å². The van der Waals surface area contributed by atoms with Crippen LogP contribution in [0.5, 0.6) is 11.5 Å². The van der Waals surface area contributed by atoms with Gasteiger partial charge in [-0.05, 0) is 60.8 Å². The van der Waals surface area contributed by atoms with E-state index in [1.807, 2.05) is 18.2 Å². The molecule has 0 aliphatic carbocycles. The van der Waals surface area contributed by atoms with Crippen molar-refractivity contribution < 1.29 is 14.3 Å². The number of methoxy groups -OCH3 is 2. The van der Waals surface area contributed by atoms with Crippen molar-refractivity contribution in [1.82, 2.24) is 10.2 Å². The van der Waals surface area contributed by atoms with E-state index in [0.717, 1.165) is 17.7 Å². The van der Waals surface area contributed by atoms with Crippen molar-refractivity contribution in [1.29, 1.82) is 0 Å². The molecule has 0 bridgehead atoms. The Labute approximate surface area is 173 Å². The predicted octanol–water partition coefficient (Wildman–Crippen LogP) is 4.02. The maximum Gasteiger partial charge on any atom is 0.244 e. The van der Waals surface area contributed by atoms with Crippen LogP contribution in [0.2, 0.25) is 0 Å². The topological polar surface area (TPSA) is 50.8 Å². The second-order valence-electron chi connectivity index (χ2n) is 7.32. The number of hydrogen-bond acceptors (Lipinski definition) is 4. The van der Waals surface area contributed by atoms with Gasteiger partial charge in [-0.2, -0.15) is 0 Å². The van der Waals surface area contributed by atoms with Crippen LogP contribution in [-0.2, 0) is 17.9 Å². The van der Waals surface area contributed by atoms with Crippen LogP contribution in [0.3, 0.4) is 0 Å². The summed E-state index contributed by atoms with van der Waals surface area (Å²) in [7, 11) is 3.19. The lowest BCUT2D eigenvalue weighted by Crippen LogP contribution is -2.29. The average molecular weight is 395 g/mol. The van der Waals surface area contributed by atoms with Gasteiger partial charge < -0.3 is 14.8 Å².